The zero-order valence-electron chi connectivity index (χ0n) is 8.62. The van der Waals surface area contributed by atoms with Crippen molar-refractivity contribution in [2.24, 2.45) is 5.41 Å². The molecule has 1 amide bonds. The molecule has 0 bridgehead atoms. The van der Waals surface area contributed by atoms with E-state index in [1.54, 1.807) is 0 Å². The summed E-state index contributed by atoms with van der Waals surface area (Å²) >= 11 is 0. The van der Waals surface area contributed by atoms with E-state index in [1.807, 2.05) is 6.92 Å². The summed E-state index contributed by atoms with van der Waals surface area (Å²) in [4.78, 5) is 13.8. The van der Waals surface area contributed by atoms with Crippen molar-refractivity contribution in [1.82, 2.24) is 10.2 Å². The average Bonchev–Trinajstić information content (AvgIpc) is 2.62. The van der Waals surface area contributed by atoms with Gasteiger partial charge in [-0.15, -0.1) is 0 Å². The number of hydrogen-bond donors (Lipinski definition) is 2. The van der Waals surface area contributed by atoms with Crippen molar-refractivity contribution in [2.45, 2.75) is 25.9 Å². The summed E-state index contributed by atoms with van der Waals surface area (Å²) in [6.45, 7) is 5.24. The summed E-state index contributed by atoms with van der Waals surface area (Å²) in [6, 6.07) is 0. The first-order valence-corrected chi connectivity index (χ1v) is 5.29. The average molecular weight is 198 g/mol. The van der Waals surface area contributed by atoms with E-state index in [-0.39, 0.29) is 17.4 Å². The molecule has 0 aromatic rings. The minimum atomic E-state index is -0.232. The first-order chi connectivity index (χ1) is 6.60. The number of nitrogens with one attached hydrogen (secondary N) is 1. The van der Waals surface area contributed by atoms with Gasteiger partial charge in [-0.1, -0.05) is 0 Å². The molecule has 14 heavy (non-hydrogen) atoms. The third-order valence-electron chi connectivity index (χ3n) is 3.33. The first-order valence-electron chi connectivity index (χ1n) is 5.29. The fourth-order valence-electron chi connectivity index (χ4n) is 2.38. The predicted molar refractivity (Wildman–Crippen MR) is 52.8 cm³/mol. The van der Waals surface area contributed by atoms with Crippen molar-refractivity contribution in [1.29, 1.82) is 0 Å². The van der Waals surface area contributed by atoms with Crippen LogP contribution in [0.5, 0.6) is 0 Å². The normalized spacial score (nSPS) is 39.0. The van der Waals surface area contributed by atoms with Gasteiger partial charge in [0.25, 0.3) is 0 Å². The summed E-state index contributed by atoms with van der Waals surface area (Å²) in [5.74, 6) is 0.166. The van der Waals surface area contributed by atoms with Crippen LogP contribution >= 0.6 is 0 Å². The molecule has 2 heterocycles. The highest BCUT2D eigenvalue weighted by Gasteiger charge is 2.40. The lowest BCUT2D eigenvalue weighted by molar-refractivity contribution is -0.127. The van der Waals surface area contributed by atoms with Gasteiger partial charge in [0.2, 0.25) is 5.91 Å². The van der Waals surface area contributed by atoms with E-state index in [0.717, 1.165) is 39.0 Å². The Kier molecular flexibility index (Phi) is 2.49. The van der Waals surface area contributed by atoms with Gasteiger partial charge in [-0.25, -0.2) is 0 Å². The van der Waals surface area contributed by atoms with Crippen molar-refractivity contribution >= 4 is 5.91 Å². The van der Waals surface area contributed by atoms with E-state index in [1.165, 1.54) is 0 Å². The number of rotatable bonds is 2. The smallest absolute Gasteiger partial charge is 0.227 e. The van der Waals surface area contributed by atoms with Gasteiger partial charge in [0.05, 0.1) is 11.5 Å². The number of aliphatic hydroxyl groups is 1. The zero-order valence-corrected chi connectivity index (χ0v) is 8.62. The zero-order chi connectivity index (χ0) is 10.2. The van der Waals surface area contributed by atoms with Crippen LogP contribution in [-0.4, -0.2) is 48.2 Å². The fraction of sp³-hybridized carbons (Fsp3) is 0.900. The highest BCUT2D eigenvalue weighted by atomic mass is 16.3. The van der Waals surface area contributed by atoms with Crippen LogP contribution < -0.4 is 5.32 Å². The van der Waals surface area contributed by atoms with Gasteiger partial charge in [-0.05, 0) is 19.8 Å². The Morgan fingerprint density at radius 1 is 1.71 bits per heavy atom. The van der Waals surface area contributed by atoms with Gasteiger partial charge in [-0.2, -0.15) is 0 Å². The van der Waals surface area contributed by atoms with Crippen LogP contribution in [0.15, 0.2) is 0 Å². The molecule has 0 aromatic heterocycles. The molecule has 0 aromatic carbocycles. The highest BCUT2D eigenvalue weighted by Crippen LogP contribution is 2.28. The molecule has 0 aliphatic carbocycles. The van der Waals surface area contributed by atoms with E-state index in [0.29, 0.717) is 0 Å². The molecule has 80 valence electrons. The van der Waals surface area contributed by atoms with Crippen LogP contribution in [0, 0.1) is 5.41 Å². The maximum atomic E-state index is 11.6. The minimum absolute atomic E-state index is 0.166. The number of aliphatic hydroxyl groups excluding tert-OH is 1. The molecule has 1 unspecified atom stereocenters. The second kappa shape index (κ2) is 3.51. The van der Waals surface area contributed by atoms with Crippen molar-refractivity contribution in [3.05, 3.63) is 0 Å². The quantitative estimate of drug-likeness (QED) is 0.633. The summed E-state index contributed by atoms with van der Waals surface area (Å²) in [5.41, 5.74) is -0.232. The molecular formula is C10H18N2O2. The third-order valence-corrected chi connectivity index (χ3v) is 3.33. The minimum Gasteiger partial charge on any atom is -0.392 e. The topological polar surface area (TPSA) is 52.6 Å². The lowest BCUT2D eigenvalue weighted by Gasteiger charge is -2.26. The molecule has 0 saturated carbocycles. The van der Waals surface area contributed by atoms with Gasteiger partial charge in [0.15, 0.2) is 0 Å². The third kappa shape index (κ3) is 1.77. The van der Waals surface area contributed by atoms with Crippen molar-refractivity contribution < 1.29 is 9.90 Å². The van der Waals surface area contributed by atoms with Gasteiger partial charge < -0.3 is 10.4 Å². The number of carbonyl (C=O) groups is 1. The van der Waals surface area contributed by atoms with Gasteiger partial charge >= 0.3 is 0 Å². The summed E-state index contributed by atoms with van der Waals surface area (Å²) < 4.78 is 0. The molecule has 4 heteroatoms. The number of β-amino-alcohol motifs (C(OH)–C–C–N with tert-alkyl or cyclic N) is 1. The van der Waals surface area contributed by atoms with Crippen LogP contribution in [0.3, 0.4) is 0 Å². The standard InChI is InChI=1S/C10H18N2O2/c1-10(3-4-11-9(10)14)7-12-5-2-8(13)6-12/h8,13H,2-7H2,1H3,(H,11,14)/t8-,10?/m0/s1. The van der Waals surface area contributed by atoms with Gasteiger partial charge in [0.1, 0.15) is 0 Å². The lowest BCUT2D eigenvalue weighted by atomic mass is 9.88. The molecular weight excluding hydrogens is 180 g/mol. The Bertz CT molecular complexity index is 244. The van der Waals surface area contributed by atoms with Crippen molar-refractivity contribution in [3.63, 3.8) is 0 Å². The summed E-state index contributed by atoms with van der Waals surface area (Å²) in [7, 11) is 0. The maximum absolute atomic E-state index is 11.6. The molecule has 0 spiro atoms. The predicted octanol–water partition coefficient (Wildman–Crippen LogP) is -0.421. The Morgan fingerprint density at radius 3 is 3.00 bits per heavy atom. The van der Waals surface area contributed by atoms with Crippen LogP contribution in [0.4, 0.5) is 0 Å². The maximum Gasteiger partial charge on any atom is 0.227 e. The number of likely N-dealkylation sites (tertiary alicyclic amines) is 1. The molecule has 0 radical (unpaired) electrons. The Morgan fingerprint density at radius 2 is 2.50 bits per heavy atom. The Hall–Kier alpha value is -0.610. The largest absolute Gasteiger partial charge is 0.392 e. The molecule has 2 aliphatic rings. The van der Waals surface area contributed by atoms with E-state index in [9.17, 15) is 9.90 Å². The second-order valence-electron chi connectivity index (χ2n) is 4.74. The molecule has 4 nitrogen and oxygen atoms in total. The van der Waals surface area contributed by atoms with E-state index in [2.05, 4.69) is 10.2 Å². The highest BCUT2D eigenvalue weighted by molar-refractivity contribution is 5.84. The van der Waals surface area contributed by atoms with E-state index < -0.39 is 0 Å². The molecule has 2 aliphatic heterocycles. The first kappa shape index (κ1) is 9.93. The molecule has 2 rings (SSSR count). The number of amides is 1. The fourth-order valence-corrected chi connectivity index (χ4v) is 2.38. The second-order valence-corrected chi connectivity index (χ2v) is 4.74. The van der Waals surface area contributed by atoms with E-state index >= 15 is 0 Å². The Balaban J connectivity index is 1.93. The summed E-state index contributed by atoms with van der Waals surface area (Å²) in [6.07, 6.45) is 1.57. The van der Waals surface area contributed by atoms with Crippen molar-refractivity contribution in [2.75, 3.05) is 26.2 Å². The Labute approximate surface area is 84.3 Å². The van der Waals surface area contributed by atoms with Crippen LogP contribution in [0.1, 0.15) is 19.8 Å². The van der Waals surface area contributed by atoms with Crippen LogP contribution in [0.2, 0.25) is 0 Å². The SMILES string of the molecule is CC1(CN2CC[C@H](O)C2)CCNC1=O. The van der Waals surface area contributed by atoms with Gasteiger partial charge in [-0.3, -0.25) is 9.69 Å². The monoisotopic (exact) mass is 198 g/mol. The van der Waals surface area contributed by atoms with Crippen LogP contribution in [0.25, 0.3) is 0 Å². The summed E-state index contributed by atoms with van der Waals surface area (Å²) in [5, 5.41) is 12.2. The van der Waals surface area contributed by atoms with E-state index in [4.69, 9.17) is 0 Å². The molecule has 2 atom stereocenters. The molecule has 2 N–H and O–H groups in total. The van der Waals surface area contributed by atoms with Gasteiger partial charge in [0, 0.05) is 26.2 Å². The lowest BCUT2D eigenvalue weighted by Crippen LogP contribution is -2.40. The number of nitrogens with zero attached hydrogens (tertiary/aromatic N) is 1. The molecule has 2 saturated heterocycles. The van der Waals surface area contributed by atoms with Crippen molar-refractivity contribution in [3.8, 4) is 0 Å². The number of carbonyl (C=O) groups excluding carboxylic acids is 1. The van der Waals surface area contributed by atoms with Crippen LogP contribution in [-0.2, 0) is 4.79 Å². The number of hydrogen-bond acceptors (Lipinski definition) is 3. The molecule has 2 fully saturated rings.